The molecule has 4 N–H and O–H groups in total. The van der Waals surface area contributed by atoms with Crippen LogP contribution in [0.4, 0.5) is 38.0 Å². The average molecular weight is 792 g/mol. The SMILES string of the molecule is C=Cc1cnc2c(NCCCO)nc3cc(C(F)(F)F)ccc3n12.C[N+]1([O-])CCOCC1.O=Cc1cnc2c(NCCCO)nc3cc(C(F)(F)F)ccc3n12. The molecule has 0 aliphatic carbocycles. The van der Waals surface area contributed by atoms with Crippen molar-refractivity contribution in [1.82, 2.24) is 28.7 Å². The predicted octanol–water partition coefficient (Wildman–Crippen LogP) is 5.81. The van der Waals surface area contributed by atoms with Gasteiger partial charge in [0.1, 0.15) is 18.8 Å². The van der Waals surface area contributed by atoms with Gasteiger partial charge in [0.25, 0.3) is 0 Å². The minimum atomic E-state index is -4.49. The number of aliphatic hydroxyl groups excluding tert-OH is 2. The van der Waals surface area contributed by atoms with Crippen molar-refractivity contribution in [1.29, 1.82) is 0 Å². The molecule has 20 heteroatoms. The molecule has 0 saturated carbocycles. The third kappa shape index (κ3) is 9.69. The van der Waals surface area contributed by atoms with Gasteiger partial charge in [0.15, 0.2) is 29.2 Å². The summed E-state index contributed by atoms with van der Waals surface area (Å²) in [6.45, 7) is 6.94. The van der Waals surface area contributed by atoms with Crippen LogP contribution in [0.2, 0.25) is 0 Å². The second-order valence-corrected chi connectivity index (χ2v) is 12.7. The summed E-state index contributed by atoms with van der Waals surface area (Å²) in [5, 5.41) is 34.6. The Bertz CT molecular complexity index is 2150. The summed E-state index contributed by atoms with van der Waals surface area (Å²) in [4.78, 5) is 28.1. The van der Waals surface area contributed by atoms with Crippen LogP contribution >= 0.6 is 0 Å². The molecule has 5 heterocycles. The molecule has 1 aliphatic rings. The van der Waals surface area contributed by atoms with Crippen molar-refractivity contribution in [2.45, 2.75) is 25.2 Å². The summed E-state index contributed by atoms with van der Waals surface area (Å²) in [5.74, 6) is 0.617. The minimum Gasteiger partial charge on any atom is -0.633 e. The first kappa shape index (κ1) is 41.7. The number of hydrogen-bond acceptors (Lipinski definition) is 11. The van der Waals surface area contributed by atoms with E-state index >= 15 is 0 Å². The first-order valence-electron chi connectivity index (χ1n) is 17.3. The van der Waals surface area contributed by atoms with Crippen LogP contribution < -0.4 is 10.6 Å². The molecule has 0 bridgehead atoms. The zero-order valence-electron chi connectivity index (χ0n) is 30.1. The number of imidazole rings is 2. The maximum atomic E-state index is 13.0. The monoisotopic (exact) mass is 791 g/mol. The van der Waals surface area contributed by atoms with E-state index in [-0.39, 0.29) is 40.4 Å². The van der Waals surface area contributed by atoms with Crippen LogP contribution in [0.5, 0.6) is 0 Å². The van der Waals surface area contributed by atoms with Gasteiger partial charge in [-0.25, -0.2) is 19.9 Å². The molecule has 1 fully saturated rings. The Hall–Kier alpha value is -5.41. The molecule has 0 radical (unpaired) electrons. The molecule has 14 nitrogen and oxygen atoms in total. The zero-order chi connectivity index (χ0) is 40.7. The van der Waals surface area contributed by atoms with E-state index in [0.29, 0.717) is 92.4 Å². The Morgan fingerprint density at radius 3 is 1.64 bits per heavy atom. The predicted molar refractivity (Wildman–Crippen MR) is 197 cm³/mol. The third-order valence-corrected chi connectivity index (χ3v) is 8.56. The number of rotatable bonds is 10. The number of benzene rings is 2. The van der Waals surface area contributed by atoms with Crippen LogP contribution in [-0.4, -0.2) is 110 Å². The standard InChI is InChI=1S/C16H15F3N4O.C15H13F3N4O2.C5H11NO2/c1-2-11-9-21-15-14(20-6-3-7-24)22-12-8-10(16(17,18)19)4-5-13(12)23(11)15;16-15(17,18)9-2-3-12-11(6-9)21-13(19-4-1-5-23)14-20-7-10(8-24)22(12)14;1-6(7)2-4-8-5-3-6/h2,4-5,8-9,24H,1,3,6-7H2,(H,20,22);2-3,6-8,23H,1,4-5H2,(H,19,21);2-5H2,1H3. The number of quaternary nitrogens is 1. The third-order valence-electron chi connectivity index (χ3n) is 8.56. The molecule has 2 aromatic carbocycles. The molecule has 0 unspecified atom stereocenters. The maximum Gasteiger partial charge on any atom is 0.416 e. The Labute approximate surface area is 315 Å². The van der Waals surface area contributed by atoms with Crippen molar-refractivity contribution in [2.75, 3.05) is 70.3 Å². The number of nitrogens with one attached hydrogen (secondary N) is 2. The van der Waals surface area contributed by atoms with Crippen molar-refractivity contribution in [2.24, 2.45) is 0 Å². The summed E-state index contributed by atoms with van der Waals surface area (Å²) in [6.07, 6.45) is -2.93. The normalized spacial score (nSPS) is 14.2. The van der Waals surface area contributed by atoms with Gasteiger partial charge in [-0.15, -0.1) is 0 Å². The number of aliphatic hydroxyl groups is 2. The molecular formula is C36H39F6N9O5. The second-order valence-electron chi connectivity index (χ2n) is 12.7. The topological polar surface area (TPSA) is 174 Å². The number of likely N-dealkylation sites (N-methyl/N-ethyl adjacent to an activating group) is 1. The lowest BCUT2D eigenvalue weighted by Crippen LogP contribution is -2.46. The molecule has 6 aromatic rings. The lowest BCUT2D eigenvalue weighted by atomic mass is 10.2. The Morgan fingerprint density at radius 1 is 0.821 bits per heavy atom. The van der Waals surface area contributed by atoms with E-state index in [1.54, 1.807) is 23.7 Å². The van der Waals surface area contributed by atoms with E-state index < -0.39 is 23.5 Å². The molecular weight excluding hydrogens is 752 g/mol. The van der Waals surface area contributed by atoms with Gasteiger partial charge in [0.05, 0.1) is 71.5 Å². The highest BCUT2D eigenvalue weighted by molar-refractivity contribution is 5.88. The van der Waals surface area contributed by atoms with E-state index in [9.17, 15) is 36.3 Å². The molecule has 1 aliphatic heterocycles. The highest BCUT2D eigenvalue weighted by Crippen LogP contribution is 2.34. The van der Waals surface area contributed by atoms with Gasteiger partial charge in [0, 0.05) is 26.3 Å². The van der Waals surface area contributed by atoms with E-state index in [4.69, 9.17) is 14.9 Å². The molecule has 4 aromatic heterocycles. The average Bonchev–Trinajstić information content (AvgIpc) is 3.80. The van der Waals surface area contributed by atoms with Gasteiger partial charge in [-0.2, -0.15) is 26.3 Å². The number of halogens is 6. The number of hydroxylamine groups is 3. The smallest absolute Gasteiger partial charge is 0.416 e. The van der Waals surface area contributed by atoms with Crippen LogP contribution in [0.1, 0.15) is 40.2 Å². The number of alkyl halides is 6. The fraction of sp³-hybridized carbons (Fsp3) is 0.361. The molecule has 300 valence electrons. The van der Waals surface area contributed by atoms with Gasteiger partial charge in [-0.05, 0) is 55.3 Å². The van der Waals surface area contributed by atoms with Crippen LogP contribution in [0.25, 0.3) is 39.4 Å². The van der Waals surface area contributed by atoms with E-state index in [2.05, 4.69) is 37.1 Å². The first-order chi connectivity index (χ1) is 26.6. The van der Waals surface area contributed by atoms with Crippen molar-refractivity contribution < 1.29 is 50.7 Å². The van der Waals surface area contributed by atoms with Crippen molar-refractivity contribution in [3.05, 3.63) is 83.1 Å². The highest BCUT2D eigenvalue weighted by Gasteiger charge is 2.32. The summed E-state index contributed by atoms with van der Waals surface area (Å²) >= 11 is 0. The first-order valence-corrected chi connectivity index (χ1v) is 17.3. The van der Waals surface area contributed by atoms with E-state index in [1.807, 2.05) is 0 Å². The number of morpholine rings is 1. The summed E-state index contributed by atoms with van der Waals surface area (Å²) in [5.41, 5.74) is 1.26. The summed E-state index contributed by atoms with van der Waals surface area (Å²) in [7, 11) is 1.68. The van der Waals surface area contributed by atoms with Gasteiger partial charge >= 0.3 is 12.4 Å². The van der Waals surface area contributed by atoms with Crippen molar-refractivity contribution in [3.63, 3.8) is 0 Å². The minimum absolute atomic E-state index is 0.00143. The van der Waals surface area contributed by atoms with Gasteiger partial charge in [0.2, 0.25) is 0 Å². The van der Waals surface area contributed by atoms with Crippen LogP contribution in [0.15, 0.2) is 55.4 Å². The number of hydrogen-bond donors (Lipinski definition) is 4. The summed E-state index contributed by atoms with van der Waals surface area (Å²) in [6, 6.07) is 6.56. The Morgan fingerprint density at radius 2 is 1.27 bits per heavy atom. The Balaban J connectivity index is 0.000000179. The van der Waals surface area contributed by atoms with Crippen LogP contribution in [0.3, 0.4) is 0 Å². The largest absolute Gasteiger partial charge is 0.633 e. The molecule has 7 rings (SSSR count). The number of carbonyl (C=O) groups excluding carboxylic acids is 1. The summed E-state index contributed by atoms with van der Waals surface area (Å²) < 4.78 is 85.7. The molecule has 0 atom stereocenters. The van der Waals surface area contributed by atoms with Crippen molar-refractivity contribution >= 4 is 57.4 Å². The second kappa shape index (κ2) is 17.6. The molecule has 0 spiro atoms. The van der Waals surface area contributed by atoms with E-state index in [1.165, 1.54) is 22.7 Å². The van der Waals surface area contributed by atoms with Gasteiger partial charge in [-0.3, -0.25) is 13.6 Å². The van der Waals surface area contributed by atoms with E-state index in [0.717, 1.165) is 24.3 Å². The number of aldehydes is 1. The lowest BCUT2D eigenvalue weighted by Gasteiger charge is -2.41. The fourth-order valence-corrected chi connectivity index (χ4v) is 5.63. The maximum absolute atomic E-state index is 13.0. The molecule has 56 heavy (non-hydrogen) atoms. The number of ether oxygens (including phenoxy) is 1. The van der Waals surface area contributed by atoms with Gasteiger partial charge in [-0.1, -0.05) is 6.58 Å². The fourth-order valence-electron chi connectivity index (χ4n) is 5.63. The number of carbonyl (C=O) groups is 1. The highest BCUT2D eigenvalue weighted by atomic mass is 19.4. The van der Waals surface area contributed by atoms with Crippen LogP contribution in [0, 0.1) is 5.21 Å². The number of fused-ring (bicyclic) bond motifs is 6. The van der Waals surface area contributed by atoms with Gasteiger partial charge < -0.3 is 35.4 Å². The number of aromatic nitrogens is 6. The number of anilines is 2. The number of nitrogens with zero attached hydrogens (tertiary/aromatic N) is 7. The lowest BCUT2D eigenvalue weighted by molar-refractivity contribution is -0.869. The molecule has 0 amide bonds. The molecule has 1 saturated heterocycles. The Kier molecular flexibility index (Phi) is 13.1. The quantitative estimate of drug-likeness (QED) is 0.0434. The van der Waals surface area contributed by atoms with Crippen molar-refractivity contribution in [3.8, 4) is 0 Å². The zero-order valence-corrected chi connectivity index (χ0v) is 30.1. The van der Waals surface area contributed by atoms with Crippen LogP contribution in [-0.2, 0) is 17.1 Å².